The summed E-state index contributed by atoms with van der Waals surface area (Å²) >= 11 is 0. The summed E-state index contributed by atoms with van der Waals surface area (Å²) in [6.45, 7) is 14.6. The van der Waals surface area contributed by atoms with Crippen molar-refractivity contribution in [2.24, 2.45) is 35.5 Å². The van der Waals surface area contributed by atoms with Gasteiger partial charge in [0.2, 0.25) is 0 Å². The largest absolute Gasteiger partial charge is 0.0628 e. The molecule has 0 bridgehead atoms. The Bertz CT molecular complexity index is 267. The van der Waals surface area contributed by atoms with Crippen LogP contribution in [0, 0.1) is 35.5 Å². The molecule has 0 saturated heterocycles. The third-order valence-electron chi connectivity index (χ3n) is 6.38. The number of unbranched alkanes of at least 4 members (excludes halogenated alkanes) is 4. The van der Waals surface area contributed by atoms with Crippen LogP contribution in [0.1, 0.15) is 106 Å². The Morgan fingerprint density at radius 1 is 0.682 bits per heavy atom. The van der Waals surface area contributed by atoms with Gasteiger partial charge in [-0.05, 0) is 54.8 Å². The van der Waals surface area contributed by atoms with Crippen molar-refractivity contribution < 1.29 is 0 Å². The summed E-state index contributed by atoms with van der Waals surface area (Å²) < 4.78 is 0. The maximum absolute atomic E-state index is 2.51. The molecule has 0 heterocycles. The first kappa shape index (κ1) is 20.0. The van der Waals surface area contributed by atoms with Gasteiger partial charge in [0.15, 0.2) is 0 Å². The Hall–Kier alpha value is 0. The van der Waals surface area contributed by atoms with Crippen LogP contribution in [0.25, 0.3) is 0 Å². The van der Waals surface area contributed by atoms with E-state index in [4.69, 9.17) is 0 Å². The first-order valence-corrected chi connectivity index (χ1v) is 10.4. The van der Waals surface area contributed by atoms with Gasteiger partial charge in [-0.15, -0.1) is 0 Å². The van der Waals surface area contributed by atoms with Crippen molar-refractivity contribution in [2.75, 3.05) is 0 Å². The van der Waals surface area contributed by atoms with Crippen molar-refractivity contribution in [2.45, 2.75) is 106 Å². The Labute approximate surface area is 141 Å². The average Bonchev–Trinajstić information content (AvgIpc) is 2.43. The first-order valence-electron chi connectivity index (χ1n) is 10.4. The monoisotopic (exact) mass is 308 g/mol. The van der Waals surface area contributed by atoms with E-state index in [-0.39, 0.29) is 0 Å². The molecule has 1 rings (SSSR count). The fourth-order valence-electron chi connectivity index (χ4n) is 4.49. The summed E-state index contributed by atoms with van der Waals surface area (Å²) in [5.74, 6) is 5.71. The van der Waals surface area contributed by atoms with Crippen LogP contribution in [-0.2, 0) is 0 Å². The second-order valence-corrected chi connectivity index (χ2v) is 9.24. The highest BCUT2D eigenvalue weighted by Gasteiger charge is 2.30. The van der Waals surface area contributed by atoms with Crippen LogP contribution in [0.15, 0.2) is 0 Å². The molecule has 1 saturated carbocycles. The summed E-state index contributed by atoms with van der Waals surface area (Å²) in [6.07, 6.45) is 14.6. The minimum Gasteiger partial charge on any atom is -0.0628 e. The topological polar surface area (TPSA) is 0 Å². The quantitative estimate of drug-likeness (QED) is 0.362. The van der Waals surface area contributed by atoms with Gasteiger partial charge in [-0.3, -0.25) is 0 Å². The molecule has 0 amide bonds. The fraction of sp³-hybridized carbons (Fsp3) is 1.00. The lowest BCUT2D eigenvalue weighted by Gasteiger charge is -2.38. The highest BCUT2D eigenvalue weighted by atomic mass is 14.4. The van der Waals surface area contributed by atoms with Crippen LogP contribution >= 0.6 is 0 Å². The second-order valence-electron chi connectivity index (χ2n) is 9.24. The lowest BCUT2D eigenvalue weighted by Crippen LogP contribution is -2.28. The molecule has 0 spiro atoms. The third-order valence-corrected chi connectivity index (χ3v) is 6.38. The van der Waals surface area contributed by atoms with Crippen molar-refractivity contribution >= 4 is 0 Å². The normalized spacial score (nSPS) is 30.7. The summed E-state index contributed by atoms with van der Waals surface area (Å²) in [5, 5.41) is 0. The third kappa shape index (κ3) is 8.02. The van der Waals surface area contributed by atoms with Crippen molar-refractivity contribution in [1.82, 2.24) is 0 Å². The molecule has 0 nitrogen and oxygen atoms in total. The molecule has 1 aliphatic carbocycles. The standard InChI is InChI=1S/C22H44/c1-17(2)12-10-8-7-9-11-13-18(3)14-22-16-20(5)19(4)15-21(22)6/h17-22H,7-16H2,1-6H3. The van der Waals surface area contributed by atoms with E-state index < -0.39 is 0 Å². The van der Waals surface area contributed by atoms with Crippen molar-refractivity contribution in [1.29, 1.82) is 0 Å². The van der Waals surface area contributed by atoms with E-state index >= 15 is 0 Å². The van der Waals surface area contributed by atoms with E-state index in [1.807, 2.05) is 0 Å². The van der Waals surface area contributed by atoms with Gasteiger partial charge in [0, 0.05) is 0 Å². The fourth-order valence-corrected chi connectivity index (χ4v) is 4.49. The Morgan fingerprint density at radius 2 is 1.23 bits per heavy atom. The van der Waals surface area contributed by atoms with Crippen molar-refractivity contribution in [3.05, 3.63) is 0 Å². The highest BCUT2D eigenvalue weighted by molar-refractivity contribution is 4.81. The number of hydrogen-bond donors (Lipinski definition) is 0. The van der Waals surface area contributed by atoms with Crippen LogP contribution in [0.5, 0.6) is 0 Å². The highest BCUT2D eigenvalue weighted by Crippen LogP contribution is 2.40. The van der Waals surface area contributed by atoms with Crippen LogP contribution in [0.4, 0.5) is 0 Å². The van der Waals surface area contributed by atoms with Gasteiger partial charge in [0.25, 0.3) is 0 Å². The molecule has 0 aromatic heterocycles. The van der Waals surface area contributed by atoms with Gasteiger partial charge >= 0.3 is 0 Å². The van der Waals surface area contributed by atoms with E-state index in [0.29, 0.717) is 0 Å². The minimum atomic E-state index is 0.891. The van der Waals surface area contributed by atoms with E-state index in [0.717, 1.165) is 35.5 Å². The lowest BCUT2D eigenvalue weighted by molar-refractivity contribution is 0.122. The molecule has 0 aromatic rings. The van der Waals surface area contributed by atoms with Crippen molar-refractivity contribution in [3.8, 4) is 0 Å². The average molecular weight is 309 g/mol. The Kier molecular flexibility index (Phi) is 9.76. The summed E-state index contributed by atoms with van der Waals surface area (Å²) in [5.41, 5.74) is 0. The van der Waals surface area contributed by atoms with Gasteiger partial charge in [-0.2, -0.15) is 0 Å². The summed E-state index contributed by atoms with van der Waals surface area (Å²) in [7, 11) is 0. The predicted octanol–water partition coefficient (Wildman–Crippen LogP) is 7.72. The number of hydrogen-bond acceptors (Lipinski definition) is 0. The molecule has 1 aliphatic rings. The smallest absolute Gasteiger partial charge is 0.0383 e. The van der Waals surface area contributed by atoms with E-state index in [1.165, 1.54) is 64.2 Å². The first-order chi connectivity index (χ1) is 10.4. The molecule has 22 heavy (non-hydrogen) atoms. The molecule has 0 N–H and O–H groups in total. The van der Waals surface area contributed by atoms with Gasteiger partial charge in [0.05, 0.1) is 0 Å². The van der Waals surface area contributed by atoms with Crippen LogP contribution in [0.3, 0.4) is 0 Å². The zero-order valence-electron chi connectivity index (χ0n) is 16.5. The zero-order chi connectivity index (χ0) is 16.5. The van der Waals surface area contributed by atoms with Gasteiger partial charge in [-0.1, -0.05) is 86.5 Å². The van der Waals surface area contributed by atoms with E-state index in [1.54, 1.807) is 0 Å². The lowest BCUT2D eigenvalue weighted by atomic mass is 9.67. The molecule has 0 heteroatoms. The van der Waals surface area contributed by atoms with Gasteiger partial charge in [0.1, 0.15) is 0 Å². The summed E-state index contributed by atoms with van der Waals surface area (Å²) in [6, 6.07) is 0. The number of rotatable bonds is 10. The molecular weight excluding hydrogens is 264 g/mol. The maximum Gasteiger partial charge on any atom is -0.0383 e. The molecule has 5 unspecified atom stereocenters. The molecule has 132 valence electrons. The molecule has 5 atom stereocenters. The van der Waals surface area contributed by atoms with Crippen molar-refractivity contribution in [3.63, 3.8) is 0 Å². The van der Waals surface area contributed by atoms with E-state index in [9.17, 15) is 0 Å². The van der Waals surface area contributed by atoms with E-state index in [2.05, 4.69) is 41.5 Å². The SMILES string of the molecule is CC(C)CCCCCCCC(C)CC1CC(C)C(C)CC1C. The second kappa shape index (κ2) is 10.7. The summed E-state index contributed by atoms with van der Waals surface area (Å²) in [4.78, 5) is 0. The minimum absolute atomic E-state index is 0.891. The Balaban J connectivity index is 2.07. The molecular formula is C22H44. The molecule has 0 aliphatic heterocycles. The van der Waals surface area contributed by atoms with Crippen LogP contribution in [0.2, 0.25) is 0 Å². The molecule has 0 aromatic carbocycles. The Morgan fingerprint density at radius 3 is 1.86 bits per heavy atom. The molecule has 1 fully saturated rings. The predicted molar refractivity (Wildman–Crippen MR) is 101 cm³/mol. The maximum atomic E-state index is 2.51. The van der Waals surface area contributed by atoms with Gasteiger partial charge < -0.3 is 0 Å². The van der Waals surface area contributed by atoms with Crippen LogP contribution < -0.4 is 0 Å². The molecule has 0 radical (unpaired) electrons. The zero-order valence-corrected chi connectivity index (χ0v) is 16.5. The van der Waals surface area contributed by atoms with Gasteiger partial charge in [-0.25, -0.2) is 0 Å². The van der Waals surface area contributed by atoms with Crippen LogP contribution in [-0.4, -0.2) is 0 Å².